The number of rotatable bonds is 7. The van der Waals surface area contributed by atoms with Gasteiger partial charge in [-0.05, 0) is 43.6 Å². The molecule has 0 radical (unpaired) electrons. The maximum Gasteiger partial charge on any atom is 0.338 e. The summed E-state index contributed by atoms with van der Waals surface area (Å²) in [5, 5.41) is 3.97. The highest BCUT2D eigenvalue weighted by Crippen LogP contribution is 2.32. The molecule has 0 aromatic heterocycles. The first-order valence-electron chi connectivity index (χ1n) is 8.51. The Hall–Kier alpha value is -1.92. The van der Waals surface area contributed by atoms with Gasteiger partial charge in [0.1, 0.15) is 6.61 Å². The van der Waals surface area contributed by atoms with Crippen LogP contribution in [-0.2, 0) is 14.3 Å². The molecule has 25 heavy (non-hydrogen) atoms. The molecule has 0 bridgehead atoms. The van der Waals surface area contributed by atoms with E-state index in [1.54, 1.807) is 7.11 Å². The molecule has 1 aromatic rings. The summed E-state index contributed by atoms with van der Waals surface area (Å²) in [6.07, 6.45) is 0.931. The molecule has 1 heterocycles. The van der Waals surface area contributed by atoms with E-state index in [-0.39, 0.29) is 18.6 Å². The molecule has 0 aliphatic carbocycles. The molecular formula is C19H26N2O3S. The van der Waals surface area contributed by atoms with Crippen molar-refractivity contribution in [1.82, 2.24) is 10.2 Å². The van der Waals surface area contributed by atoms with Gasteiger partial charge in [-0.25, -0.2) is 4.79 Å². The van der Waals surface area contributed by atoms with Crippen molar-refractivity contribution >= 4 is 23.3 Å². The van der Waals surface area contributed by atoms with Gasteiger partial charge in [0.15, 0.2) is 5.11 Å². The van der Waals surface area contributed by atoms with Crippen LogP contribution in [0.1, 0.15) is 37.4 Å². The molecule has 1 aliphatic heterocycles. The molecule has 0 saturated carbocycles. The number of allylic oxidation sites excluding steroid dienone is 1. The molecule has 0 fully saturated rings. The molecule has 0 spiro atoms. The predicted octanol–water partition coefficient (Wildman–Crippen LogP) is 3.10. The molecule has 136 valence electrons. The summed E-state index contributed by atoms with van der Waals surface area (Å²) in [5.41, 5.74) is 3.58. The molecular weight excluding hydrogens is 336 g/mol. The third-order valence-corrected chi connectivity index (χ3v) is 4.62. The van der Waals surface area contributed by atoms with Crippen molar-refractivity contribution in [3.8, 4) is 0 Å². The minimum atomic E-state index is -0.334. The Kier molecular flexibility index (Phi) is 6.96. The number of carbonyl (C=O) groups is 1. The minimum Gasteiger partial charge on any atom is -0.460 e. The lowest BCUT2D eigenvalue weighted by molar-refractivity contribution is -0.140. The molecule has 1 aliphatic rings. The number of methoxy groups -OCH3 is 1. The van der Waals surface area contributed by atoms with Crippen LogP contribution in [0.15, 0.2) is 35.5 Å². The fourth-order valence-corrected chi connectivity index (χ4v) is 3.32. The number of ether oxygens (including phenoxy) is 2. The number of thiocarbonyl (C=S) groups is 1. The average Bonchev–Trinajstić information content (AvgIpc) is 2.58. The predicted molar refractivity (Wildman–Crippen MR) is 102 cm³/mol. The molecule has 6 heteroatoms. The number of hydrogen-bond donors (Lipinski definition) is 1. The Morgan fingerprint density at radius 3 is 2.64 bits per heavy atom. The summed E-state index contributed by atoms with van der Waals surface area (Å²) in [6.45, 7) is 7.40. The van der Waals surface area contributed by atoms with E-state index in [4.69, 9.17) is 21.7 Å². The lowest BCUT2D eigenvalue weighted by Gasteiger charge is -2.38. The topological polar surface area (TPSA) is 50.8 Å². The zero-order valence-corrected chi connectivity index (χ0v) is 16.1. The normalized spacial score (nSPS) is 17.5. The average molecular weight is 362 g/mol. The van der Waals surface area contributed by atoms with Crippen LogP contribution >= 0.6 is 12.2 Å². The van der Waals surface area contributed by atoms with Gasteiger partial charge in [0, 0.05) is 19.4 Å². The smallest absolute Gasteiger partial charge is 0.338 e. The van der Waals surface area contributed by atoms with Crippen LogP contribution < -0.4 is 5.32 Å². The maximum absolute atomic E-state index is 12.8. The second-order valence-electron chi connectivity index (χ2n) is 6.02. The molecule has 0 amide bonds. The van der Waals surface area contributed by atoms with Gasteiger partial charge in [0.25, 0.3) is 0 Å². The van der Waals surface area contributed by atoms with Crippen molar-refractivity contribution in [2.45, 2.75) is 33.2 Å². The van der Waals surface area contributed by atoms with Crippen LogP contribution in [-0.4, -0.2) is 42.8 Å². The van der Waals surface area contributed by atoms with Gasteiger partial charge in [-0.3, -0.25) is 0 Å². The lowest BCUT2D eigenvalue weighted by Crippen LogP contribution is -2.48. The van der Waals surface area contributed by atoms with Crippen molar-refractivity contribution in [3.63, 3.8) is 0 Å². The Morgan fingerprint density at radius 1 is 1.28 bits per heavy atom. The van der Waals surface area contributed by atoms with Crippen LogP contribution in [0.3, 0.4) is 0 Å². The fourth-order valence-electron chi connectivity index (χ4n) is 2.98. The second kappa shape index (κ2) is 8.97. The van der Waals surface area contributed by atoms with Crippen LogP contribution in [0, 0.1) is 6.92 Å². The molecule has 1 unspecified atom stereocenters. The number of benzene rings is 1. The zero-order valence-electron chi connectivity index (χ0n) is 15.3. The summed E-state index contributed by atoms with van der Waals surface area (Å²) in [6, 6.07) is 7.69. The molecule has 1 aromatic carbocycles. The molecule has 0 saturated heterocycles. The van der Waals surface area contributed by atoms with Crippen molar-refractivity contribution < 1.29 is 14.3 Å². The second-order valence-corrected chi connectivity index (χ2v) is 6.41. The third kappa shape index (κ3) is 4.38. The van der Waals surface area contributed by atoms with E-state index in [1.165, 1.54) is 0 Å². The Labute approximate surface area is 155 Å². The monoisotopic (exact) mass is 362 g/mol. The molecule has 5 nitrogen and oxygen atoms in total. The van der Waals surface area contributed by atoms with E-state index in [0.29, 0.717) is 17.3 Å². The molecule has 2 rings (SSSR count). The molecule has 1 atom stereocenters. The van der Waals surface area contributed by atoms with E-state index < -0.39 is 0 Å². The van der Waals surface area contributed by atoms with Crippen LogP contribution in [0.2, 0.25) is 0 Å². The van der Waals surface area contributed by atoms with Gasteiger partial charge in [0.2, 0.25) is 0 Å². The quantitative estimate of drug-likeness (QED) is 0.457. The first kappa shape index (κ1) is 19.4. The number of nitrogens with one attached hydrogen (secondary N) is 1. The van der Waals surface area contributed by atoms with Gasteiger partial charge in [-0.15, -0.1) is 0 Å². The van der Waals surface area contributed by atoms with Gasteiger partial charge in [-0.2, -0.15) is 0 Å². The number of nitrogens with zero attached hydrogens (tertiary/aromatic N) is 1. The lowest BCUT2D eigenvalue weighted by atomic mass is 9.92. The van der Waals surface area contributed by atoms with E-state index in [1.807, 2.05) is 43.0 Å². The summed E-state index contributed by atoms with van der Waals surface area (Å²) in [5.74, 6) is -0.334. The van der Waals surface area contributed by atoms with E-state index in [2.05, 4.69) is 12.2 Å². The summed E-state index contributed by atoms with van der Waals surface area (Å²) >= 11 is 5.54. The summed E-state index contributed by atoms with van der Waals surface area (Å²) in [4.78, 5) is 14.8. The van der Waals surface area contributed by atoms with Crippen molar-refractivity contribution in [2.75, 3.05) is 26.9 Å². The summed E-state index contributed by atoms with van der Waals surface area (Å²) in [7, 11) is 1.58. The van der Waals surface area contributed by atoms with E-state index in [0.717, 1.165) is 29.8 Å². The zero-order chi connectivity index (χ0) is 18.4. The van der Waals surface area contributed by atoms with E-state index >= 15 is 0 Å². The highest BCUT2D eigenvalue weighted by atomic mass is 32.1. The largest absolute Gasteiger partial charge is 0.460 e. The van der Waals surface area contributed by atoms with Crippen LogP contribution in [0.4, 0.5) is 0 Å². The van der Waals surface area contributed by atoms with Crippen molar-refractivity contribution in [2.24, 2.45) is 0 Å². The first-order chi connectivity index (χ1) is 12.0. The van der Waals surface area contributed by atoms with Gasteiger partial charge in [0.05, 0.1) is 18.2 Å². The Bertz CT molecular complexity index is 672. The fraction of sp³-hybridized carbons (Fsp3) is 0.474. The maximum atomic E-state index is 12.8. The highest BCUT2D eigenvalue weighted by Gasteiger charge is 2.35. The Balaban J connectivity index is 2.44. The highest BCUT2D eigenvalue weighted by molar-refractivity contribution is 7.80. The van der Waals surface area contributed by atoms with Crippen LogP contribution in [0.25, 0.3) is 0 Å². The van der Waals surface area contributed by atoms with Crippen molar-refractivity contribution in [3.05, 3.63) is 46.7 Å². The first-order valence-corrected chi connectivity index (χ1v) is 8.92. The van der Waals surface area contributed by atoms with Crippen molar-refractivity contribution in [1.29, 1.82) is 0 Å². The molecule has 1 N–H and O–H groups in total. The van der Waals surface area contributed by atoms with Crippen LogP contribution in [0.5, 0.6) is 0 Å². The summed E-state index contributed by atoms with van der Waals surface area (Å²) < 4.78 is 10.4. The standard InChI is InChI=1S/C19H26N2O3S/c1-5-10-21-14(3)16(18(22)24-12-11-23-4)17(20-19(21)25)15-9-7-6-8-13(15)2/h6-9,17H,5,10-12H2,1-4H3,(H,20,25). The van der Waals surface area contributed by atoms with E-state index in [9.17, 15) is 4.79 Å². The van der Waals surface area contributed by atoms with Gasteiger partial charge >= 0.3 is 5.97 Å². The number of carbonyl (C=O) groups excluding carboxylic acids is 1. The number of esters is 1. The minimum absolute atomic E-state index is 0.227. The van der Waals surface area contributed by atoms with Gasteiger partial charge < -0.3 is 19.7 Å². The van der Waals surface area contributed by atoms with Gasteiger partial charge in [-0.1, -0.05) is 31.2 Å². The Morgan fingerprint density at radius 2 is 2.00 bits per heavy atom. The number of hydrogen-bond acceptors (Lipinski definition) is 4. The SMILES string of the molecule is CCCN1C(=S)NC(c2ccccc2C)C(C(=O)OCCOC)=C1C. The number of aryl methyl sites for hydroxylation is 1. The third-order valence-electron chi connectivity index (χ3n) is 4.28.